The summed E-state index contributed by atoms with van der Waals surface area (Å²) < 4.78 is 22.5. The molecule has 2 atom stereocenters. The monoisotopic (exact) mass is 219 g/mol. The van der Waals surface area contributed by atoms with Crippen LogP contribution in [0.3, 0.4) is 0 Å². The molecule has 2 N–H and O–H groups in total. The van der Waals surface area contributed by atoms with Crippen molar-refractivity contribution in [3.8, 4) is 0 Å². The highest BCUT2D eigenvalue weighted by molar-refractivity contribution is 7.91. The maximum Gasteiger partial charge on any atom is 0.150 e. The molecule has 0 amide bonds. The van der Waals surface area contributed by atoms with Gasteiger partial charge in [0.25, 0.3) is 0 Å². The van der Waals surface area contributed by atoms with Crippen LogP contribution in [-0.2, 0) is 9.84 Å². The molecule has 0 spiro atoms. The summed E-state index contributed by atoms with van der Waals surface area (Å²) in [6, 6.07) is 0.0345. The topological polar surface area (TPSA) is 60.2 Å². The highest BCUT2D eigenvalue weighted by Crippen LogP contribution is 2.28. The number of rotatable bonds is 2. The Morgan fingerprint density at radius 3 is 2.36 bits per heavy atom. The SMILES string of the molecule is CC(C)(C)CC(N)C1CCS(=O)(=O)C1. The van der Waals surface area contributed by atoms with E-state index >= 15 is 0 Å². The predicted molar refractivity (Wildman–Crippen MR) is 58.8 cm³/mol. The first-order chi connectivity index (χ1) is 6.20. The molecule has 1 saturated heterocycles. The quantitative estimate of drug-likeness (QED) is 0.758. The van der Waals surface area contributed by atoms with Crippen LogP contribution in [-0.4, -0.2) is 26.0 Å². The summed E-state index contributed by atoms with van der Waals surface area (Å²) in [4.78, 5) is 0. The van der Waals surface area contributed by atoms with Gasteiger partial charge in [0.05, 0.1) is 11.5 Å². The van der Waals surface area contributed by atoms with E-state index in [0.29, 0.717) is 11.5 Å². The summed E-state index contributed by atoms with van der Waals surface area (Å²) in [7, 11) is -2.78. The fraction of sp³-hybridized carbons (Fsp3) is 1.00. The molecule has 0 aromatic rings. The van der Waals surface area contributed by atoms with E-state index in [-0.39, 0.29) is 17.4 Å². The molecule has 1 fully saturated rings. The van der Waals surface area contributed by atoms with Gasteiger partial charge in [-0.05, 0) is 24.2 Å². The van der Waals surface area contributed by atoms with Crippen molar-refractivity contribution in [1.82, 2.24) is 0 Å². The van der Waals surface area contributed by atoms with E-state index in [2.05, 4.69) is 20.8 Å². The standard InChI is InChI=1S/C10H21NO2S/c1-10(2,3)6-9(11)8-4-5-14(12,13)7-8/h8-9H,4-7,11H2,1-3H3. The largest absolute Gasteiger partial charge is 0.327 e. The van der Waals surface area contributed by atoms with Crippen molar-refractivity contribution in [3.05, 3.63) is 0 Å². The van der Waals surface area contributed by atoms with Gasteiger partial charge in [0.15, 0.2) is 9.84 Å². The molecule has 1 heterocycles. The molecule has 0 aromatic heterocycles. The van der Waals surface area contributed by atoms with Gasteiger partial charge in [0.2, 0.25) is 0 Å². The van der Waals surface area contributed by atoms with Gasteiger partial charge in [-0.15, -0.1) is 0 Å². The van der Waals surface area contributed by atoms with E-state index in [0.717, 1.165) is 12.8 Å². The second kappa shape index (κ2) is 3.81. The van der Waals surface area contributed by atoms with Crippen molar-refractivity contribution in [2.75, 3.05) is 11.5 Å². The highest BCUT2D eigenvalue weighted by Gasteiger charge is 2.33. The molecule has 1 aliphatic rings. The fourth-order valence-corrected chi connectivity index (χ4v) is 3.93. The fourth-order valence-electron chi connectivity index (χ4n) is 2.04. The van der Waals surface area contributed by atoms with Crippen LogP contribution < -0.4 is 5.73 Å². The van der Waals surface area contributed by atoms with Crippen LogP contribution in [0.2, 0.25) is 0 Å². The number of hydrogen-bond acceptors (Lipinski definition) is 3. The van der Waals surface area contributed by atoms with E-state index < -0.39 is 9.84 Å². The Morgan fingerprint density at radius 1 is 1.43 bits per heavy atom. The van der Waals surface area contributed by atoms with Gasteiger partial charge in [-0.3, -0.25) is 0 Å². The summed E-state index contributed by atoms with van der Waals surface area (Å²) in [5, 5.41) is 0. The third-order valence-electron chi connectivity index (χ3n) is 2.72. The zero-order valence-corrected chi connectivity index (χ0v) is 10.1. The molecule has 14 heavy (non-hydrogen) atoms. The molecule has 1 rings (SSSR count). The zero-order chi connectivity index (χ0) is 11.0. The third kappa shape index (κ3) is 3.58. The summed E-state index contributed by atoms with van der Waals surface area (Å²) in [5.41, 5.74) is 6.21. The van der Waals surface area contributed by atoms with Gasteiger partial charge in [0.1, 0.15) is 0 Å². The zero-order valence-electron chi connectivity index (χ0n) is 9.29. The second-order valence-electron chi connectivity index (χ2n) is 5.59. The minimum absolute atomic E-state index is 0.0345. The average molecular weight is 219 g/mol. The second-order valence-corrected chi connectivity index (χ2v) is 7.82. The molecule has 2 unspecified atom stereocenters. The lowest BCUT2D eigenvalue weighted by molar-refractivity contribution is 0.295. The van der Waals surface area contributed by atoms with Crippen molar-refractivity contribution in [1.29, 1.82) is 0 Å². The molecule has 4 heteroatoms. The molecule has 0 radical (unpaired) electrons. The van der Waals surface area contributed by atoms with E-state index in [1.807, 2.05) is 0 Å². The van der Waals surface area contributed by atoms with Crippen molar-refractivity contribution in [3.63, 3.8) is 0 Å². The molecule has 0 aliphatic carbocycles. The number of sulfone groups is 1. The van der Waals surface area contributed by atoms with Gasteiger partial charge in [-0.25, -0.2) is 8.42 Å². The van der Waals surface area contributed by atoms with Crippen molar-refractivity contribution in [2.45, 2.75) is 39.7 Å². The molecular formula is C10H21NO2S. The van der Waals surface area contributed by atoms with Gasteiger partial charge in [0, 0.05) is 6.04 Å². The summed E-state index contributed by atoms with van der Waals surface area (Å²) in [6.45, 7) is 6.41. The Balaban J connectivity index is 2.52. The van der Waals surface area contributed by atoms with Gasteiger partial charge < -0.3 is 5.73 Å². The van der Waals surface area contributed by atoms with Gasteiger partial charge >= 0.3 is 0 Å². The first-order valence-corrected chi connectivity index (χ1v) is 6.98. The highest BCUT2D eigenvalue weighted by atomic mass is 32.2. The number of hydrogen-bond donors (Lipinski definition) is 1. The lowest BCUT2D eigenvalue weighted by atomic mass is 9.83. The van der Waals surface area contributed by atoms with Crippen molar-refractivity contribution < 1.29 is 8.42 Å². The van der Waals surface area contributed by atoms with E-state index in [1.54, 1.807) is 0 Å². The molecule has 1 aliphatic heterocycles. The van der Waals surface area contributed by atoms with Crippen molar-refractivity contribution in [2.24, 2.45) is 17.1 Å². The van der Waals surface area contributed by atoms with E-state index in [9.17, 15) is 8.42 Å². The Hall–Kier alpha value is -0.0900. The maximum absolute atomic E-state index is 11.3. The molecule has 0 bridgehead atoms. The normalized spacial score (nSPS) is 29.0. The van der Waals surface area contributed by atoms with Crippen LogP contribution in [0.4, 0.5) is 0 Å². The first kappa shape index (κ1) is 12.0. The summed E-state index contributed by atoms with van der Waals surface area (Å²) in [6.07, 6.45) is 1.65. The molecular weight excluding hydrogens is 198 g/mol. The lowest BCUT2D eigenvalue weighted by Gasteiger charge is -2.26. The van der Waals surface area contributed by atoms with Gasteiger partial charge in [-0.1, -0.05) is 20.8 Å². The maximum atomic E-state index is 11.3. The molecule has 0 saturated carbocycles. The van der Waals surface area contributed by atoms with Crippen molar-refractivity contribution >= 4 is 9.84 Å². The smallest absolute Gasteiger partial charge is 0.150 e. The minimum Gasteiger partial charge on any atom is -0.327 e. The number of nitrogens with two attached hydrogens (primary N) is 1. The molecule has 84 valence electrons. The van der Waals surface area contributed by atoms with Crippen LogP contribution in [0.5, 0.6) is 0 Å². The van der Waals surface area contributed by atoms with Crippen LogP contribution in [0.1, 0.15) is 33.6 Å². The van der Waals surface area contributed by atoms with Crippen LogP contribution in [0.25, 0.3) is 0 Å². The average Bonchev–Trinajstić information content (AvgIpc) is 2.26. The molecule has 3 nitrogen and oxygen atoms in total. The predicted octanol–water partition coefficient (Wildman–Crippen LogP) is 1.18. The Labute approximate surface area is 87.0 Å². The molecule has 0 aromatic carbocycles. The van der Waals surface area contributed by atoms with E-state index in [4.69, 9.17) is 5.73 Å². The van der Waals surface area contributed by atoms with E-state index in [1.165, 1.54) is 0 Å². The Morgan fingerprint density at radius 2 is 2.00 bits per heavy atom. The summed E-state index contributed by atoms with van der Waals surface area (Å²) >= 11 is 0. The lowest BCUT2D eigenvalue weighted by Crippen LogP contribution is -2.34. The van der Waals surface area contributed by atoms with Gasteiger partial charge in [-0.2, -0.15) is 0 Å². The third-order valence-corrected chi connectivity index (χ3v) is 4.51. The first-order valence-electron chi connectivity index (χ1n) is 5.16. The van der Waals surface area contributed by atoms with Crippen LogP contribution in [0, 0.1) is 11.3 Å². The summed E-state index contributed by atoms with van der Waals surface area (Å²) in [5.74, 6) is 0.805. The van der Waals surface area contributed by atoms with Crippen LogP contribution >= 0.6 is 0 Å². The minimum atomic E-state index is -2.78. The Bertz CT molecular complexity index is 290. The van der Waals surface area contributed by atoms with Crippen LogP contribution in [0.15, 0.2) is 0 Å². The Kier molecular flexibility index (Phi) is 3.26.